The lowest BCUT2D eigenvalue weighted by Gasteiger charge is -2.40. The van der Waals surface area contributed by atoms with Crippen molar-refractivity contribution in [1.29, 1.82) is 0 Å². The van der Waals surface area contributed by atoms with E-state index < -0.39 is 5.60 Å². The van der Waals surface area contributed by atoms with Crippen molar-refractivity contribution in [1.82, 2.24) is 0 Å². The van der Waals surface area contributed by atoms with Crippen LogP contribution in [0.3, 0.4) is 0 Å². The van der Waals surface area contributed by atoms with Crippen LogP contribution in [0.15, 0.2) is 24.3 Å². The van der Waals surface area contributed by atoms with E-state index in [9.17, 15) is 5.11 Å². The topological polar surface area (TPSA) is 29.5 Å². The van der Waals surface area contributed by atoms with Crippen molar-refractivity contribution < 1.29 is 14.3 Å². The summed E-state index contributed by atoms with van der Waals surface area (Å²) in [6.45, 7) is 5.04. The predicted octanol–water partition coefficient (Wildman–Crippen LogP) is 4.34. The molecule has 3 heteroatoms. The van der Waals surface area contributed by atoms with E-state index in [1.807, 2.05) is 26.0 Å². The summed E-state index contributed by atoms with van der Waals surface area (Å²) < 4.78 is 6.64. The van der Waals surface area contributed by atoms with E-state index in [4.69, 9.17) is 4.74 Å². The molecule has 2 rings (SSSR count). The minimum atomic E-state index is -0.720. The molecule has 136 valence electrons. The summed E-state index contributed by atoms with van der Waals surface area (Å²) in [4.78, 5) is 0. The Kier molecular flexibility index (Phi) is 6.33. The zero-order valence-corrected chi connectivity index (χ0v) is 16.2. The van der Waals surface area contributed by atoms with Crippen LogP contribution in [-0.4, -0.2) is 43.4 Å². The second-order valence-corrected chi connectivity index (χ2v) is 8.71. The largest absolute Gasteiger partial charge is 0.491 e. The average molecular weight is 335 g/mol. The van der Waals surface area contributed by atoms with E-state index in [0.717, 1.165) is 41.6 Å². The van der Waals surface area contributed by atoms with Gasteiger partial charge in [0.05, 0.1) is 39.4 Å². The van der Waals surface area contributed by atoms with Gasteiger partial charge in [0, 0.05) is 6.42 Å². The van der Waals surface area contributed by atoms with Crippen LogP contribution < -0.4 is 4.74 Å². The van der Waals surface area contributed by atoms with Gasteiger partial charge in [-0.2, -0.15) is 0 Å². The minimum Gasteiger partial charge on any atom is -0.491 e. The first-order valence-electron chi connectivity index (χ1n) is 9.51. The number of benzene rings is 1. The number of rotatable bonds is 7. The molecule has 1 saturated carbocycles. The quantitative estimate of drug-likeness (QED) is 0.752. The highest BCUT2D eigenvalue weighted by Crippen LogP contribution is 2.42. The lowest BCUT2D eigenvalue weighted by molar-refractivity contribution is -0.871. The molecule has 1 aromatic carbocycles. The van der Waals surface area contributed by atoms with Crippen molar-refractivity contribution in [2.45, 2.75) is 64.1 Å². The van der Waals surface area contributed by atoms with Gasteiger partial charge in [0.1, 0.15) is 5.75 Å². The van der Waals surface area contributed by atoms with Crippen molar-refractivity contribution in [3.8, 4) is 5.75 Å². The second-order valence-electron chi connectivity index (χ2n) is 8.71. The molecular formula is C21H36NO2+. The Balaban J connectivity index is 2.23. The van der Waals surface area contributed by atoms with E-state index in [1.54, 1.807) is 0 Å². The third kappa shape index (κ3) is 5.22. The van der Waals surface area contributed by atoms with Gasteiger partial charge in [0.2, 0.25) is 0 Å². The molecule has 0 heterocycles. The van der Waals surface area contributed by atoms with E-state index in [2.05, 4.69) is 33.3 Å². The van der Waals surface area contributed by atoms with Crippen LogP contribution in [0.4, 0.5) is 0 Å². The Morgan fingerprint density at radius 3 is 2.17 bits per heavy atom. The molecule has 0 radical (unpaired) electrons. The smallest absolute Gasteiger partial charge is 0.119 e. The predicted molar refractivity (Wildman–Crippen MR) is 100 cm³/mol. The Hall–Kier alpha value is -1.06. The average Bonchev–Trinajstić information content (AvgIpc) is 2.53. The summed E-state index contributed by atoms with van der Waals surface area (Å²) in [7, 11) is 6.59. The van der Waals surface area contributed by atoms with Crippen LogP contribution in [0, 0.1) is 5.92 Å². The van der Waals surface area contributed by atoms with E-state index >= 15 is 0 Å². The molecule has 0 spiro atoms. The number of nitrogens with zero attached hydrogens (tertiary/aromatic N) is 1. The second kappa shape index (κ2) is 7.88. The molecular weight excluding hydrogens is 298 g/mol. The number of ether oxygens (including phenoxy) is 1. The summed E-state index contributed by atoms with van der Waals surface area (Å²) in [6.07, 6.45) is 7.05. The van der Waals surface area contributed by atoms with Crippen molar-refractivity contribution in [2.24, 2.45) is 5.92 Å². The molecule has 24 heavy (non-hydrogen) atoms. The fourth-order valence-electron chi connectivity index (χ4n) is 3.76. The van der Waals surface area contributed by atoms with Gasteiger partial charge in [0.25, 0.3) is 0 Å². The molecule has 1 aliphatic rings. The van der Waals surface area contributed by atoms with Crippen LogP contribution in [0.5, 0.6) is 5.75 Å². The molecule has 0 bridgehead atoms. The van der Waals surface area contributed by atoms with Gasteiger partial charge in [-0.15, -0.1) is 0 Å². The standard InChI is InChI=1S/C21H36NO2/c1-17(2)24-20-13-11-19(12-14-20)21(23,15-16-22(3,4)5)18-9-7-6-8-10-18/h11-14,17-18,23H,6-10,15-16H2,1-5H3/q+1/t21-/m0/s1. The third-order valence-corrected chi connectivity index (χ3v) is 5.17. The van der Waals surface area contributed by atoms with Crippen molar-refractivity contribution >= 4 is 0 Å². The van der Waals surface area contributed by atoms with Gasteiger partial charge in [-0.3, -0.25) is 0 Å². The Morgan fingerprint density at radius 2 is 1.67 bits per heavy atom. The number of hydrogen-bond acceptors (Lipinski definition) is 2. The number of quaternary nitrogens is 1. The number of aliphatic hydroxyl groups is 1. The maximum atomic E-state index is 11.7. The van der Waals surface area contributed by atoms with E-state index in [1.165, 1.54) is 19.3 Å². The van der Waals surface area contributed by atoms with Gasteiger partial charge in [-0.05, 0) is 50.3 Å². The van der Waals surface area contributed by atoms with Crippen LogP contribution in [0.1, 0.15) is 57.9 Å². The molecule has 1 fully saturated rings. The summed E-state index contributed by atoms with van der Waals surface area (Å²) in [5.41, 5.74) is 0.335. The van der Waals surface area contributed by atoms with Gasteiger partial charge in [0.15, 0.2) is 0 Å². The van der Waals surface area contributed by atoms with Crippen molar-refractivity contribution in [2.75, 3.05) is 27.7 Å². The summed E-state index contributed by atoms with van der Waals surface area (Å²) in [6, 6.07) is 8.16. The van der Waals surface area contributed by atoms with Crippen molar-refractivity contribution in [3.63, 3.8) is 0 Å². The highest BCUT2D eigenvalue weighted by Gasteiger charge is 2.40. The maximum Gasteiger partial charge on any atom is 0.119 e. The monoisotopic (exact) mass is 334 g/mol. The first kappa shape index (κ1) is 19.3. The van der Waals surface area contributed by atoms with E-state index in [-0.39, 0.29) is 6.10 Å². The normalized spacial score (nSPS) is 19.3. The van der Waals surface area contributed by atoms with Gasteiger partial charge >= 0.3 is 0 Å². The molecule has 0 amide bonds. The van der Waals surface area contributed by atoms with Crippen molar-refractivity contribution in [3.05, 3.63) is 29.8 Å². The zero-order chi connectivity index (χ0) is 17.8. The molecule has 0 saturated heterocycles. The summed E-state index contributed by atoms with van der Waals surface area (Å²) >= 11 is 0. The minimum absolute atomic E-state index is 0.172. The Morgan fingerprint density at radius 1 is 1.08 bits per heavy atom. The molecule has 1 aliphatic carbocycles. The maximum absolute atomic E-state index is 11.7. The third-order valence-electron chi connectivity index (χ3n) is 5.17. The van der Waals surface area contributed by atoms with Gasteiger partial charge in [-0.25, -0.2) is 0 Å². The van der Waals surface area contributed by atoms with E-state index in [0.29, 0.717) is 5.92 Å². The fourth-order valence-corrected chi connectivity index (χ4v) is 3.76. The first-order valence-corrected chi connectivity index (χ1v) is 9.51. The molecule has 1 atom stereocenters. The molecule has 0 aliphatic heterocycles. The van der Waals surface area contributed by atoms with Gasteiger partial charge < -0.3 is 14.3 Å². The molecule has 0 unspecified atom stereocenters. The van der Waals surface area contributed by atoms with Crippen LogP contribution in [0.2, 0.25) is 0 Å². The SMILES string of the molecule is CC(C)Oc1ccc([C@](O)(CC[N+](C)(C)C)C2CCCCC2)cc1. The number of hydrogen-bond donors (Lipinski definition) is 1. The molecule has 0 aromatic heterocycles. The lowest BCUT2D eigenvalue weighted by atomic mass is 9.71. The summed E-state index contributed by atoms with van der Waals surface area (Å²) in [5, 5.41) is 11.7. The molecule has 1 aromatic rings. The lowest BCUT2D eigenvalue weighted by Crippen LogP contribution is -2.43. The molecule has 1 N–H and O–H groups in total. The summed E-state index contributed by atoms with van der Waals surface area (Å²) in [5.74, 6) is 1.25. The molecule has 3 nitrogen and oxygen atoms in total. The zero-order valence-electron chi connectivity index (χ0n) is 16.2. The highest BCUT2D eigenvalue weighted by molar-refractivity contribution is 5.31. The first-order chi connectivity index (χ1) is 11.2. The van der Waals surface area contributed by atoms with Crippen LogP contribution in [0.25, 0.3) is 0 Å². The fraction of sp³-hybridized carbons (Fsp3) is 0.714. The van der Waals surface area contributed by atoms with Gasteiger partial charge in [-0.1, -0.05) is 31.4 Å². The van der Waals surface area contributed by atoms with Crippen LogP contribution >= 0.6 is 0 Å². The Bertz CT molecular complexity index is 498. The highest BCUT2D eigenvalue weighted by atomic mass is 16.5. The Labute approximate surface area is 148 Å². The van der Waals surface area contributed by atoms with Crippen LogP contribution in [-0.2, 0) is 5.60 Å².